The van der Waals surface area contributed by atoms with Crippen molar-refractivity contribution in [1.29, 1.82) is 0 Å². The standard InChI is InChI=1S/C25H27N5O3S/c1-17-20(15-18-7-8-19(32-2)16-21(18)26-17)25(31)30-12-10-29(11-13-30)9-3-6-23-27-24(28-33-23)22-5-4-14-34-22/h4-5,7-8,14-16H,3,6,9-13H2,1-2H3. The second kappa shape index (κ2) is 9.90. The van der Waals surface area contributed by atoms with Gasteiger partial charge < -0.3 is 14.2 Å². The molecule has 0 bridgehead atoms. The van der Waals surface area contributed by atoms with Crippen LogP contribution in [0.2, 0.25) is 0 Å². The van der Waals surface area contributed by atoms with Gasteiger partial charge in [-0.15, -0.1) is 11.3 Å². The summed E-state index contributed by atoms with van der Waals surface area (Å²) in [6.45, 7) is 5.96. The second-order valence-electron chi connectivity index (χ2n) is 8.41. The maximum atomic E-state index is 13.2. The van der Waals surface area contributed by atoms with E-state index >= 15 is 0 Å². The second-order valence-corrected chi connectivity index (χ2v) is 9.35. The molecule has 0 unspecified atom stereocenters. The summed E-state index contributed by atoms with van der Waals surface area (Å²) in [5, 5.41) is 7.02. The highest BCUT2D eigenvalue weighted by molar-refractivity contribution is 7.13. The summed E-state index contributed by atoms with van der Waals surface area (Å²) in [4.78, 5) is 27.7. The van der Waals surface area contributed by atoms with Crippen molar-refractivity contribution in [3.05, 3.63) is 58.9 Å². The van der Waals surface area contributed by atoms with Gasteiger partial charge in [-0.2, -0.15) is 4.98 Å². The fourth-order valence-electron chi connectivity index (χ4n) is 4.25. The zero-order valence-corrected chi connectivity index (χ0v) is 20.2. The quantitative estimate of drug-likeness (QED) is 0.397. The number of aryl methyl sites for hydroxylation is 2. The monoisotopic (exact) mass is 477 g/mol. The number of methoxy groups -OCH3 is 1. The van der Waals surface area contributed by atoms with Crippen molar-refractivity contribution < 1.29 is 14.1 Å². The predicted molar refractivity (Wildman–Crippen MR) is 131 cm³/mol. The van der Waals surface area contributed by atoms with E-state index in [0.29, 0.717) is 30.4 Å². The van der Waals surface area contributed by atoms with Gasteiger partial charge in [0.15, 0.2) is 0 Å². The van der Waals surface area contributed by atoms with Gasteiger partial charge >= 0.3 is 0 Å². The van der Waals surface area contributed by atoms with Crippen LogP contribution in [0.3, 0.4) is 0 Å². The van der Waals surface area contributed by atoms with E-state index in [4.69, 9.17) is 9.26 Å². The molecular formula is C25H27N5O3S. The van der Waals surface area contributed by atoms with Crippen LogP contribution in [0.15, 0.2) is 46.3 Å². The highest BCUT2D eigenvalue weighted by atomic mass is 32.1. The van der Waals surface area contributed by atoms with Crippen molar-refractivity contribution in [1.82, 2.24) is 24.9 Å². The molecule has 1 saturated heterocycles. The number of hydrogen-bond acceptors (Lipinski definition) is 8. The molecule has 34 heavy (non-hydrogen) atoms. The fraction of sp³-hybridized carbons (Fsp3) is 0.360. The molecule has 1 amide bonds. The van der Waals surface area contributed by atoms with Crippen LogP contribution in [0.25, 0.3) is 21.6 Å². The number of benzene rings is 1. The number of fused-ring (bicyclic) bond motifs is 1. The number of amides is 1. The summed E-state index contributed by atoms with van der Waals surface area (Å²) in [6.07, 6.45) is 1.70. The molecule has 1 fully saturated rings. The normalized spacial score (nSPS) is 14.6. The minimum atomic E-state index is 0.0503. The zero-order valence-electron chi connectivity index (χ0n) is 19.4. The Morgan fingerprint density at radius 1 is 1.15 bits per heavy atom. The van der Waals surface area contributed by atoms with Crippen LogP contribution < -0.4 is 4.74 Å². The maximum absolute atomic E-state index is 13.2. The Kier molecular flexibility index (Phi) is 6.55. The molecule has 0 N–H and O–H groups in total. The predicted octanol–water partition coefficient (Wildman–Crippen LogP) is 4.05. The summed E-state index contributed by atoms with van der Waals surface area (Å²) in [5.41, 5.74) is 2.25. The van der Waals surface area contributed by atoms with Gasteiger partial charge in [0.05, 0.1) is 28.8 Å². The number of nitrogens with zero attached hydrogens (tertiary/aromatic N) is 5. The number of rotatable bonds is 7. The molecule has 1 aromatic carbocycles. The third-order valence-corrected chi connectivity index (χ3v) is 7.05. The molecule has 3 aromatic heterocycles. The van der Waals surface area contributed by atoms with Gasteiger partial charge in [0, 0.05) is 44.1 Å². The smallest absolute Gasteiger partial charge is 0.255 e. The van der Waals surface area contributed by atoms with E-state index in [1.807, 2.05) is 53.6 Å². The average Bonchev–Trinajstić information content (AvgIpc) is 3.56. The number of ether oxygens (including phenoxy) is 1. The summed E-state index contributed by atoms with van der Waals surface area (Å²) in [7, 11) is 1.64. The van der Waals surface area contributed by atoms with Crippen LogP contribution in [0, 0.1) is 6.92 Å². The minimum Gasteiger partial charge on any atom is -0.497 e. The number of carbonyl (C=O) groups is 1. The van der Waals surface area contributed by atoms with Crippen molar-refractivity contribution in [3.63, 3.8) is 0 Å². The van der Waals surface area contributed by atoms with Crippen LogP contribution >= 0.6 is 11.3 Å². The first kappa shape index (κ1) is 22.5. The molecule has 4 heterocycles. The van der Waals surface area contributed by atoms with E-state index in [9.17, 15) is 4.79 Å². The number of pyridine rings is 1. The molecule has 9 heteroatoms. The van der Waals surface area contributed by atoms with E-state index in [2.05, 4.69) is 20.0 Å². The Bertz CT molecular complexity index is 1280. The molecule has 1 aliphatic rings. The molecule has 0 spiro atoms. The largest absolute Gasteiger partial charge is 0.497 e. The fourth-order valence-corrected chi connectivity index (χ4v) is 4.90. The van der Waals surface area contributed by atoms with E-state index in [0.717, 1.165) is 59.7 Å². The van der Waals surface area contributed by atoms with Gasteiger partial charge in [0.1, 0.15) is 5.75 Å². The lowest BCUT2D eigenvalue weighted by Crippen LogP contribution is -2.49. The van der Waals surface area contributed by atoms with Crippen LogP contribution in [0.5, 0.6) is 5.75 Å². The summed E-state index contributed by atoms with van der Waals surface area (Å²) in [5.74, 6) is 2.15. The minimum absolute atomic E-state index is 0.0503. The van der Waals surface area contributed by atoms with Gasteiger partial charge in [-0.1, -0.05) is 11.2 Å². The number of hydrogen-bond donors (Lipinski definition) is 0. The Morgan fingerprint density at radius 3 is 2.76 bits per heavy atom. The topological polar surface area (TPSA) is 84.6 Å². The third-order valence-electron chi connectivity index (χ3n) is 6.18. The van der Waals surface area contributed by atoms with Crippen LogP contribution in [0.1, 0.15) is 28.4 Å². The molecule has 4 aromatic rings. The lowest BCUT2D eigenvalue weighted by Gasteiger charge is -2.35. The van der Waals surface area contributed by atoms with Crippen molar-refractivity contribution in [2.75, 3.05) is 39.8 Å². The van der Waals surface area contributed by atoms with Crippen LogP contribution in [0.4, 0.5) is 0 Å². The Balaban J connectivity index is 1.13. The third kappa shape index (κ3) is 4.80. The van der Waals surface area contributed by atoms with E-state index in [1.165, 1.54) is 0 Å². The highest BCUT2D eigenvalue weighted by Crippen LogP contribution is 2.23. The molecule has 0 atom stereocenters. The number of thiophene rings is 1. The number of aromatic nitrogens is 3. The SMILES string of the molecule is COc1ccc2cc(C(=O)N3CCN(CCCc4nc(-c5cccs5)no4)CC3)c(C)nc2c1. The molecule has 0 aliphatic carbocycles. The maximum Gasteiger partial charge on any atom is 0.255 e. The first-order valence-corrected chi connectivity index (χ1v) is 12.3. The van der Waals surface area contributed by atoms with Crippen molar-refractivity contribution in [2.45, 2.75) is 19.8 Å². The van der Waals surface area contributed by atoms with Crippen molar-refractivity contribution in [3.8, 4) is 16.5 Å². The Labute approximate surface area is 202 Å². The molecule has 5 rings (SSSR count). The lowest BCUT2D eigenvalue weighted by molar-refractivity contribution is 0.0634. The van der Waals surface area contributed by atoms with Gasteiger partial charge in [-0.25, -0.2) is 0 Å². The first-order chi connectivity index (χ1) is 16.6. The van der Waals surface area contributed by atoms with Gasteiger partial charge in [-0.05, 0) is 49.5 Å². The van der Waals surface area contributed by atoms with E-state index < -0.39 is 0 Å². The summed E-state index contributed by atoms with van der Waals surface area (Å²) < 4.78 is 10.7. The van der Waals surface area contributed by atoms with Crippen molar-refractivity contribution >= 4 is 28.1 Å². The van der Waals surface area contributed by atoms with Crippen LogP contribution in [-0.4, -0.2) is 70.7 Å². The highest BCUT2D eigenvalue weighted by Gasteiger charge is 2.24. The average molecular weight is 478 g/mol. The molecule has 1 aliphatic heterocycles. The Hall–Kier alpha value is -3.30. The first-order valence-electron chi connectivity index (χ1n) is 11.4. The van der Waals surface area contributed by atoms with Gasteiger partial charge in [-0.3, -0.25) is 14.7 Å². The number of piperazine rings is 1. The van der Waals surface area contributed by atoms with Crippen LogP contribution in [-0.2, 0) is 6.42 Å². The van der Waals surface area contributed by atoms with E-state index in [1.54, 1.807) is 18.4 Å². The molecule has 8 nitrogen and oxygen atoms in total. The summed E-state index contributed by atoms with van der Waals surface area (Å²) in [6, 6.07) is 11.7. The van der Waals surface area contributed by atoms with Crippen molar-refractivity contribution in [2.24, 2.45) is 0 Å². The number of carbonyl (C=O) groups excluding carboxylic acids is 1. The van der Waals surface area contributed by atoms with Gasteiger partial charge in [0.25, 0.3) is 5.91 Å². The molecule has 0 radical (unpaired) electrons. The molecule has 0 saturated carbocycles. The zero-order chi connectivity index (χ0) is 23.5. The lowest BCUT2D eigenvalue weighted by atomic mass is 10.1. The van der Waals surface area contributed by atoms with Gasteiger partial charge in [0.2, 0.25) is 11.7 Å². The van der Waals surface area contributed by atoms with E-state index in [-0.39, 0.29) is 5.91 Å². The summed E-state index contributed by atoms with van der Waals surface area (Å²) >= 11 is 1.61. The Morgan fingerprint density at radius 2 is 2.00 bits per heavy atom. The molecule has 176 valence electrons. The molecular weight excluding hydrogens is 450 g/mol.